The maximum Gasteiger partial charge on any atom is 0.280 e. The van der Waals surface area contributed by atoms with Crippen LogP contribution >= 0.6 is 0 Å². The molecule has 0 saturated carbocycles. The van der Waals surface area contributed by atoms with Crippen LogP contribution in [0.15, 0.2) is 53.3 Å². The first-order valence-electron chi connectivity index (χ1n) is 9.24. The molecule has 1 aliphatic heterocycles. The lowest BCUT2D eigenvalue weighted by molar-refractivity contribution is -0.394. The van der Waals surface area contributed by atoms with Crippen molar-refractivity contribution < 1.29 is 9.85 Å². The topological polar surface area (TPSA) is 135 Å². The number of nitrogens with zero attached hydrogens (tertiary/aromatic N) is 4. The van der Waals surface area contributed by atoms with Gasteiger partial charge in [-0.15, -0.1) is 0 Å². The first-order valence-corrected chi connectivity index (χ1v) is 9.24. The van der Waals surface area contributed by atoms with Crippen LogP contribution in [0.4, 0.5) is 11.4 Å². The third kappa shape index (κ3) is 3.80. The molecule has 1 aliphatic rings. The van der Waals surface area contributed by atoms with E-state index < -0.39 is 9.85 Å². The Morgan fingerprint density at radius 3 is 2.53 bits per heavy atom. The van der Waals surface area contributed by atoms with Gasteiger partial charge < -0.3 is 4.98 Å². The molecule has 0 radical (unpaired) electrons. The summed E-state index contributed by atoms with van der Waals surface area (Å²) in [5.41, 5.74) is 1.62. The van der Waals surface area contributed by atoms with E-state index in [0.717, 1.165) is 11.6 Å². The molecule has 10 nitrogen and oxygen atoms in total. The van der Waals surface area contributed by atoms with Gasteiger partial charge in [0, 0.05) is 42.4 Å². The van der Waals surface area contributed by atoms with Gasteiger partial charge in [-0.2, -0.15) is 0 Å². The second kappa shape index (κ2) is 7.84. The Hall–Kier alpha value is -3.92. The van der Waals surface area contributed by atoms with Gasteiger partial charge in [-0.1, -0.05) is 30.3 Å². The third-order valence-electron chi connectivity index (χ3n) is 5.07. The zero-order chi connectivity index (χ0) is 21.3. The van der Waals surface area contributed by atoms with Gasteiger partial charge >= 0.3 is 0 Å². The summed E-state index contributed by atoms with van der Waals surface area (Å²) in [5, 5.41) is 22.3. The summed E-state index contributed by atoms with van der Waals surface area (Å²) >= 11 is 0. The van der Waals surface area contributed by atoms with E-state index in [4.69, 9.17) is 0 Å². The number of nitro groups is 2. The lowest BCUT2D eigenvalue weighted by Crippen LogP contribution is -2.35. The fourth-order valence-corrected chi connectivity index (χ4v) is 3.57. The summed E-state index contributed by atoms with van der Waals surface area (Å²) in [4.78, 5) is 42.9. The standard InChI is InChI=1S/C20H17N5O5/c26-20-16-8-9-23(11-14-6-7-15(24(27)28)10-18(14)25(29)30)12-17(16)21-19(22-20)13-4-2-1-3-5-13/h1-7,10H,8-9,11-12H2,(H,21,22,26). The molecular weight excluding hydrogens is 390 g/mol. The molecule has 3 aromatic rings. The van der Waals surface area contributed by atoms with Gasteiger partial charge in [0.15, 0.2) is 0 Å². The Kier molecular flexibility index (Phi) is 5.07. The highest BCUT2D eigenvalue weighted by atomic mass is 16.6. The maximum absolute atomic E-state index is 12.5. The maximum atomic E-state index is 12.5. The summed E-state index contributed by atoms with van der Waals surface area (Å²) in [5.74, 6) is 0.475. The van der Waals surface area contributed by atoms with Crippen molar-refractivity contribution in [3.63, 3.8) is 0 Å². The van der Waals surface area contributed by atoms with Crippen LogP contribution in [0.5, 0.6) is 0 Å². The molecule has 30 heavy (non-hydrogen) atoms. The lowest BCUT2D eigenvalue weighted by atomic mass is 10.0. The van der Waals surface area contributed by atoms with Crippen molar-refractivity contribution in [2.24, 2.45) is 0 Å². The average molecular weight is 407 g/mol. The highest BCUT2D eigenvalue weighted by molar-refractivity contribution is 5.55. The van der Waals surface area contributed by atoms with Crippen molar-refractivity contribution in [3.05, 3.63) is 95.9 Å². The van der Waals surface area contributed by atoms with Gasteiger partial charge in [-0.3, -0.25) is 29.9 Å². The fourth-order valence-electron chi connectivity index (χ4n) is 3.57. The van der Waals surface area contributed by atoms with Crippen LogP contribution in [0, 0.1) is 20.2 Å². The number of rotatable bonds is 5. The summed E-state index contributed by atoms with van der Waals surface area (Å²) in [6.45, 7) is 1.10. The quantitative estimate of drug-likeness (QED) is 0.507. The second-order valence-electron chi connectivity index (χ2n) is 6.99. The van der Waals surface area contributed by atoms with Gasteiger partial charge in [-0.05, 0) is 12.5 Å². The number of nitro benzene ring substituents is 2. The summed E-state index contributed by atoms with van der Waals surface area (Å²) < 4.78 is 0. The molecule has 0 fully saturated rings. The number of benzene rings is 2. The number of aromatic amines is 1. The molecule has 1 aromatic heterocycles. The van der Waals surface area contributed by atoms with Crippen LogP contribution in [0.3, 0.4) is 0 Å². The number of hydrogen-bond acceptors (Lipinski definition) is 7. The van der Waals surface area contributed by atoms with E-state index in [1.165, 1.54) is 12.1 Å². The average Bonchev–Trinajstić information content (AvgIpc) is 2.74. The largest absolute Gasteiger partial charge is 0.306 e. The van der Waals surface area contributed by atoms with Crippen molar-refractivity contribution in [1.29, 1.82) is 0 Å². The molecule has 2 aromatic carbocycles. The first-order chi connectivity index (χ1) is 14.4. The predicted octanol–water partition coefficient (Wildman–Crippen LogP) is 2.81. The summed E-state index contributed by atoms with van der Waals surface area (Å²) in [6, 6.07) is 12.9. The molecule has 0 unspecified atom stereocenters. The smallest absolute Gasteiger partial charge is 0.280 e. The Morgan fingerprint density at radius 1 is 1.07 bits per heavy atom. The SMILES string of the molecule is O=c1[nH]c(-c2ccccc2)nc2c1CCN(Cc1ccc([N+](=O)[O-])cc1[N+](=O)[O-])C2. The molecule has 152 valence electrons. The minimum absolute atomic E-state index is 0.181. The van der Waals surface area contributed by atoms with Crippen LogP contribution in [-0.4, -0.2) is 31.3 Å². The van der Waals surface area contributed by atoms with Crippen LogP contribution < -0.4 is 5.56 Å². The van der Waals surface area contributed by atoms with E-state index in [1.54, 1.807) is 0 Å². The van der Waals surface area contributed by atoms with Crippen molar-refractivity contribution >= 4 is 11.4 Å². The van der Waals surface area contributed by atoms with Gasteiger partial charge in [0.2, 0.25) is 0 Å². The van der Waals surface area contributed by atoms with Crippen molar-refractivity contribution in [2.75, 3.05) is 6.54 Å². The monoisotopic (exact) mass is 407 g/mol. The predicted molar refractivity (Wildman–Crippen MR) is 108 cm³/mol. The molecule has 0 bridgehead atoms. The minimum atomic E-state index is -0.658. The Morgan fingerprint density at radius 2 is 1.83 bits per heavy atom. The lowest BCUT2D eigenvalue weighted by Gasteiger charge is -2.27. The Bertz CT molecular complexity index is 1190. The number of non-ortho nitro benzene ring substituents is 1. The Labute approximate surface area is 170 Å². The molecule has 0 atom stereocenters. The molecule has 0 aliphatic carbocycles. The van der Waals surface area contributed by atoms with E-state index in [1.807, 2.05) is 35.2 Å². The molecule has 0 amide bonds. The van der Waals surface area contributed by atoms with Gasteiger partial charge in [0.05, 0.1) is 21.6 Å². The first kappa shape index (κ1) is 19.4. The summed E-state index contributed by atoms with van der Waals surface area (Å²) in [7, 11) is 0. The van der Waals surface area contributed by atoms with E-state index in [-0.39, 0.29) is 23.5 Å². The number of fused-ring (bicyclic) bond motifs is 1. The number of hydrogen-bond donors (Lipinski definition) is 1. The van der Waals surface area contributed by atoms with Crippen LogP contribution in [0.25, 0.3) is 11.4 Å². The Balaban J connectivity index is 1.62. The molecule has 10 heteroatoms. The van der Waals surface area contributed by atoms with Crippen LogP contribution in [0.1, 0.15) is 16.8 Å². The fraction of sp³-hybridized carbons (Fsp3) is 0.200. The van der Waals surface area contributed by atoms with Crippen LogP contribution in [0.2, 0.25) is 0 Å². The molecule has 0 spiro atoms. The highest BCUT2D eigenvalue weighted by Gasteiger charge is 2.25. The van der Waals surface area contributed by atoms with E-state index in [0.29, 0.717) is 42.2 Å². The van der Waals surface area contributed by atoms with Gasteiger partial charge in [0.25, 0.3) is 16.9 Å². The second-order valence-corrected chi connectivity index (χ2v) is 6.99. The zero-order valence-electron chi connectivity index (χ0n) is 15.8. The van der Waals surface area contributed by atoms with Crippen LogP contribution in [-0.2, 0) is 19.5 Å². The van der Waals surface area contributed by atoms with E-state index in [2.05, 4.69) is 9.97 Å². The number of H-pyrrole nitrogens is 1. The number of aromatic nitrogens is 2. The zero-order valence-corrected chi connectivity index (χ0v) is 15.8. The summed E-state index contributed by atoms with van der Waals surface area (Å²) in [6.07, 6.45) is 0.466. The van der Waals surface area contributed by atoms with Crippen molar-refractivity contribution in [3.8, 4) is 11.4 Å². The van der Waals surface area contributed by atoms with Gasteiger partial charge in [-0.25, -0.2) is 4.98 Å². The molecule has 2 heterocycles. The van der Waals surface area contributed by atoms with Crippen molar-refractivity contribution in [1.82, 2.24) is 14.9 Å². The third-order valence-corrected chi connectivity index (χ3v) is 5.07. The van der Waals surface area contributed by atoms with E-state index in [9.17, 15) is 25.0 Å². The molecular formula is C20H17N5O5. The molecule has 4 rings (SSSR count). The minimum Gasteiger partial charge on any atom is -0.306 e. The van der Waals surface area contributed by atoms with Gasteiger partial charge in [0.1, 0.15) is 5.82 Å². The highest BCUT2D eigenvalue weighted by Crippen LogP contribution is 2.27. The van der Waals surface area contributed by atoms with E-state index >= 15 is 0 Å². The molecule has 1 N–H and O–H groups in total. The molecule has 0 saturated heterocycles. The van der Waals surface area contributed by atoms with Crippen molar-refractivity contribution in [2.45, 2.75) is 19.5 Å². The number of nitrogens with one attached hydrogen (secondary N) is 1. The normalized spacial score (nSPS) is 13.6.